The molecule has 1 rings (SSSR count). The largest absolute Gasteiger partial charge is 0.469 e. The lowest BCUT2D eigenvalue weighted by Gasteiger charge is -2.24. The van der Waals surface area contributed by atoms with Crippen LogP contribution in [0, 0.1) is 6.92 Å². The van der Waals surface area contributed by atoms with Crippen molar-refractivity contribution in [2.24, 2.45) is 0 Å². The average molecular weight is 268 g/mol. The fourth-order valence-corrected chi connectivity index (χ4v) is 1.73. The summed E-state index contributed by atoms with van der Waals surface area (Å²) in [4.78, 5) is 13.2. The van der Waals surface area contributed by atoms with Gasteiger partial charge in [0.25, 0.3) is 0 Å². The van der Waals surface area contributed by atoms with Gasteiger partial charge in [-0.25, -0.2) is 0 Å². The Morgan fingerprint density at radius 1 is 1.39 bits per heavy atom. The Morgan fingerprint density at radius 2 is 2.00 bits per heavy atom. The summed E-state index contributed by atoms with van der Waals surface area (Å²) < 4.78 is 4.64. The van der Waals surface area contributed by atoms with E-state index in [0.29, 0.717) is 24.5 Å². The van der Waals surface area contributed by atoms with Gasteiger partial charge in [-0.2, -0.15) is 0 Å². The van der Waals surface area contributed by atoms with E-state index in [1.165, 1.54) is 12.7 Å². The molecular formula is C14H18ClNO2. The van der Waals surface area contributed by atoms with Crippen molar-refractivity contribution in [2.45, 2.75) is 13.3 Å². The number of anilines is 1. The van der Waals surface area contributed by atoms with Crippen LogP contribution in [0.3, 0.4) is 0 Å². The topological polar surface area (TPSA) is 29.5 Å². The van der Waals surface area contributed by atoms with Crippen molar-refractivity contribution in [3.63, 3.8) is 0 Å². The van der Waals surface area contributed by atoms with E-state index < -0.39 is 0 Å². The van der Waals surface area contributed by atoms with Gasteiger partial charge in [-0.1, -0.05) is 35.9 Å². The maximum absolute atomic E-state index is 11.2. The van der Waals surface area contributed by atoms with Crippen LogP contribution in [0.25, 0.3) is 0 Å². The average Bonchev–Trinajstić information content (AvgIpc) is 2.34. The molecule has 0 spiro atoms. The van der Waals surface area contributed by atoms with Gasteiger partial charge in [-0.3, -0.25) is 4.79 Å². The molecule has 0 aliphatic rings. The van der Waals surface area contributed by atoms with E-state index in [4.69, 9.17) is 11.6 Å². The molecule has 0 fully saturated rings. The number of aryl methyl sites for hydroxylation is 1. The Labute approximate surface area is 113 Å². The predicted octanol–water partition coefficient (Wildman–Crippen LogP) is 3.12. The van der Waals surface area contributed by atoms with Gasteiger partial charge in [0.2, 0.25) is 0 Å². The zero-order valence-electron chi connectivity index (χ0n) is 10.8. The van der Waals surface area contributed by atoms with Gasteiger partial charge in [0.05, 0.1) is 20.1 Å². The second-order valence-electron chi connectivity index (χ2n) is 4.10. The Balaban J connectivity index is 2.74. The first-order valence-electron chi connectivity index (χ1n) is 5.74. The highest BCUT2D eigenvalue weighted by molar-refractivity contribution is 6.29. The summed E-state index contributed by atoms with van der Waals surface area (Å²) in [7, 11) is 1.39. The summed E-state index contributed by atoms with van der Waals surface area (Å²) in [6.07, 6.45) is 0.328. The van der Waals surface area contributed by atoms with Crippen molar-refractivity contribution in [3.8, 4) is 0 Å². The number of carbonyl (C=O) groups is 1. The van der Waals surface area contributed by atoms with E-state index in [1.54, 1.807) is 0 Å². The number of hydrogen-bond donors (Lipinski definition) is 0. The molecule has 4 heteroatoms. The minimum Gasteiger partial charge on any atom is -0.469 e. The molecule has 18 heavy (non-hydrogen) atoms. The second kappa shape index (κ2) is 7.07. The molecular weight excluding hydrogens is 250 g/mol. The van der Waals surface area contributed by atoms with Crippen molar-refractivity contribution < 1.29 is 9.53 Å². The number of hydrogen-bond acceptors (Lipinski definition) is 3. The third-order valence-corrected chi connectivity index (χ3v) is 2.69. The molecule has 0 aromatic heterocycles. The van der Waals surface area contributed by atoms with Gasteiger partial charge in [-0.15, -0.1) is 0 Å². The first-order valence-corrected chi connectivity index (χ1v) is 6.12. The highest BCUT2D eigenvalue weighted by atomic mass is 35.5. The number of esters is 1. The van der Waals surface area contributed by atoms with Crippen LogP contribution in [0.15, 0.2) is 35.9 Å². The molecule has 0 aliphatic heterocycles. The smallest absolute Gasteiger partial charge is 0.307 e. The highest BCUT2D eigenvalue weighted by Gasteiger charge is 2.10. The standard InChI is InChI=1S/C14H18ClNO2/c1-11-4-6-13(7-5-11)16(10-12(2)15)9-8-14(17)18-3/h4-7H,2,8-10H2,1,3H3. The maximum Gasteiger partial charge on any atom is 0.307 e. The van der Waals surface area contributed by atoms with Gasteiger partial charge in [0.1, 0.15) is 0 Å². The Morgan fingerprint density at radius 3 is 2.50 bits per heavy atom. The van der Waals surface area contributed by atoms with E-state index >= 15 is 0 Å². The molecule has 0 saturated carbocycles. The van der Waals surface area contributed by atoms with E-state index in [-0.39, 0.29) is 5.97 Å². The summed E-state index contributed by atoms with van der Waals surface area (Å²) in [5.74, 6) is -0.229. The lowest BCUT2D eigenvalue weighted by atomic mass is 10.2. The molecule has 98 valence electrons. The zero-order chi connectivity index (χ0) is 13.5. The minimum absolute atomic E-state index is 0.229. The van der Waals surface area contributed by atoms with Gasteiger partial charge in [-0.05, 0) is 19.1 Å². The van der Waals surface area contributed by atoms with E-state index in [1.807, 2.05) is 36.1 Å². The highest BCUT2D eigenvalue weighted by Crippen LogP contribution is 2.17. The molecule has 0 unspecified atom stereocenters. The molecule has 1 aromatic rings. The van der Waals surface area contributed by atoms with Gasteiger partial charge >= 0.3 is 5.97 Å². The van der Waals surface area contributed by atoms with Crippen molar-refractivity contribution in [1.82, 2.24) is 0 Å². The summed E-state index contributed by atoms with van der Waals surface area (Å²) in [5, 5.41) is 0.542. The van der Waals surface area contributed by atoms with E-state index in [0.717, 1.165) is 5.69 Å². The first kappa shape index (κ1) is 14.6. The minimum atomic E-state index is -0.229. The van der Waals surface area contributed by atoms with Crippen LogP contribution in [0.4, 0.5) is 5.69 Å². The van der Waals surface area contributed by atoms with Crippen LogP contribution < -0.4 is 4.90 Å². The molecule has 0 saturated heterocycles. The Kier molecular flexibility index (Phi) is 5.72. The normalized spacial score (nSPS) is 9.94. The van der Waals surface area contributed by atoms with Crippen LogP contribution in [0.5, 0.6) is 0 Å². The third kappa shape index (κ3) is 4.80. The maximum atomic E-state index is 11.2. The molecule has 0 heterocycles. The molecule has 3 nitrogen and oxygen atoms in total. The van der Waals surface area contributed by atoms with Crippen LogP contribution >= 0.6 is 11.6 Å². The summed E-state index contributed by atoms with van der Waals surface area (Å²) in [6, 6.07) is 8.06. The predicted molar refractivity (Wildman–Crippen MR) is 75.0 cm³/mol. The fourth-order valence-electron chi connectivity index (χ4n) is 1.59. The van der Waals surface area contributed by atoms with Crippen molar-refractivity contribution >= 4 is 23.3 Å². The van der Waals surface area contributed by atoms with Crippen molar-refractivity contribution in [3.05, 3.63) is 41.4 Å². The van der Waals surface area contributed by atoms with Crippen LogP contribution in [-0.4, -0.2) is 26.2 Å². The summed E-state index contributed by atoms with van der Waals surface area (Å²) in [6.45, 7) is 6.80. The summed E-state index contributed by atoms with van der Waals surface area (Å²) >= 11 is 5.85. The number of methoxy groups -OCH3 is 1. The zero-order valence-corrected chi connectivity index (χ0v) is 11.5. The Hall–Kier alpha value is -1.48. The second-order valence-corrected chi connectivity index (χ2v) is 4.64. The lowest BCUT2D eigenvalue weighted by Crippen LogP contribution is -2.27. The first-order chi connectivity index (χ1) is 8.52. The quantitative estimate of drug-likeness (QED) is 0.742. The molecule has 0 aliphatic carbocycles. The number of carbonyl (C=O) groups excluding carboxylic acids is 1. The van der Waals surface area contributed by atoms with Gasteiger partial charge in [0.15, 0.2) is 0 Å². The molecule has 0 atom stereocenters. The van der Waals surface area contributed by atoms with E-state index in [9.17, 15) is 4.79 Å². The fraction of sp³-hybridized carbons (Fsp3) is 0.357. The molecule has 0 N–H and O–H groups in total. The molecule has 0 bridgehead atoms. The van der Waals surface area contributed by atoms with Crippen LogP contribution in [-0.2, 0) is 9.53 Å². The van der Waals surface area contributed by atoms with Crippen LogP contribution in [0.2, 0.25) is 0 Å². The van der Waals surface area contributed by atoms with Crippen LogP contribution in [0.1, 0.15) is 12.0 Å². The molecule has 0 radical (unpaired) electrons. The van der Waals surface area contributed by atoms with E-state index in [2.05, 4.69) is 11.3 Å². The van der Waals surface area contributed by atoms with Crippen molar-refractivity contribution in [1.29, 1.82) is 0 Å². The van der Waals surface area contributed by atoms with Gasteiger partial charge < -0.3 is 9.64 Å². The van der Waals surface area contributed by atoms with Crippen molar-refractivity contribution in [2.75, 3.05) is 25.1 Å². The number of nitrogens with zero attached hydrogens (tertiary/aromatic N) is 1. The number of benzene rings is 1. The Bertz CT molecular complexity index is 414. The monoisotopic (exact) mass is 267 g/mol. The molecule has 1 aromatic carbocycles. The number of halogens is 1. The third-order valence-electron chi connectivity index (χ3n) is 2.58. The number of ether oxygens (including phenoxy) is 1. The lowest BCUT2D eigenvalue weighted by molar-refractivity contribution is -0.140. The van der Waals surface area contributed by atoms with Gasteiger partial charge in [0, 0.05) is 17.3 Å². The summed E-state index contributed by atoms with van der Waals surface area (Å²) in [5.41, 5.74) is 2.21. The SMILES string of the molecule is C=C(Cl)CN(CCC(=O)OC)c1ccc(C)cc1. The molecule has 0 amide bonds. The number of rotatable bonds is 6.